The molecule has 0 spiro atoms. The zero-order chi connectivity index (χ0) is 26.7. The van der Waals surface area contributed by atoms with Crippen LogP contribution in [-0.4, -0.2) is 38.1 Å². The van der Waals surface area contributed by atoms with E-state index in [2.05, 4.69) is 30.8 Å². The minimum Gasteiger partial charge on any atom is -0.335 e. The molecule has 0 radical (unpaired) electrons. The van der Waals surface area contributed by atoms with E-state index in [-0.39, 0.29) is 34.4 Å². The van der Waals surface area contributed by atoms with Crippen LogP contribution in [0.4, 0.5) is 20.3 Å². The second kappa shape index (κ2) is 8.95. The van der Waals surface area contributed by atoms with Gasteiger partial charge >= 0.3 is 0 Å². The van der Waals surface area contributed by atoms with E-state index in [0.717, 1.165) is 34.0 Å². The summed E-state index contributed by atoms with van der Waals surface area (Å²) in [6.45, 7) is 2.73. The number of anilines is 2. The highest BCUT2D eigenvalue weighted by Gasteiger charge is 2.36. The molecule has 0 aliphatic carbocycles. The maximum absolute atomic E-state index is 16.2. The van der Waals surface area contributed by atoms with Crippen LogP contribution in [0.25, 0.3) is 16.7 Å². The molecule has 0 bridgehead atoms. The monoisotopic (exact) mass is 542 g/mol. The van der Waals surface area contributed by atoms with Crippen LogP contribution in [-0.2, 0) is 11.3 Å². The number of nitrogens with zero attached hydrogens (tertiary/aromatic N) is 5. The van der Waals surface area contributed by atoms with Crippen LogP contribution in [0.5, 0.6) is 0 Å². The molecule has 3 N–H and O–H groups in total. The first kappa shape index (κ1) is 23.4. The molecule has 9 nitrogen and oxygen atoms in total. The molecule has 1 saturated heterocycles. The predicted molar refractivity (Wildman–Crippen MR) is 144 cm³/mol. The molecule has 1 amide bonds. The first-order chi connectivity index (χ1) is 19.0. The van der Waals surface area contributed by atoms with Crippen molar-refractivity contribution in [2.45, 2.75) is 19.9 Å². The molecular formula is C27H20F2N8OS. The number of fused-ring (bicyclic) bond motifs is 4. The summed E-state index contributed by atoms with van der Waals surface area (Å²) in [6, 6.07) is 4.82. The number of rotatable bonds is 5. The van der Waals surface area contributed by atoms with E-state index in [1.807, 2.05) is 17.1 Å². The van der Waals surface area contributed by atoms with Crippen LogP contribution in [0, 0.1) is 10.9 Å². The third kappa shape index (κ3) is 4.00. The molecule has 7 heterocycles. The lowest BCUT2D eigenvalue weighted by atomic mass is 9.99. The standard InChI is InChI=1S/C27H20F2N8OS/c1-2-21(38)33-14-7-13(8-30-9-14)17-10-31-18-11-32-36-25(22(18)23(17)29)26-34-24-16(19-5-6-20(28)39-19)4-3-15-12-37(15)27(24)35-26/h3-10,32H,2,11-12H2,1H3,(H,33,38)(H,34,35). The fraction of sp³-hybridized carbons (Fsp3) is 0.148. The average Bonchev–Trinajstić information content (AvgIpc) is 3.42. The van der Waals surface area contributed by atoms with Crippen molar-refractivity contribution >= 4 is 40.0 Å². The first-order valence-corrected chi connectivity index (χ1v) is 13.1. The van der Waals surface area contributed by atoms with Crippen LogP contribution in [0.1, 0.15) is 41.0 Å². The van der Waals surface area contributed by atoms with Crippen LogP contribution >= 0.6 is 11.3 Å². The van der Waals surface area contributed by atoms with Crippen LogP contribution in [0.2, 0.25) is 0 Å². The molecule has 194 valence electrons. The van der Waals surface area contributed by atoms with Crippen molar-refractivity contribution in [3.63, 3.8) is 0 Å². The number of aromatic nitrogens is 4. The van der Waals surface area contributed by atoms with Gasteiger partial charge in [0.1, 0.15) is 11.5 Å². The maximum Gasteiger partial charge on any atom is 0.224 e. The molecule has 39 heavy (non-hydrogen) atoms. The van der Waals surface area contributed by atoms with E-state index in [4.69, 9.17) is 4.98 Å². The lowest BCUT2D eigenvalue weighted by Crippen LogP contribution is -2.25. The summed E-state index contributed by atoms with van der Waals surface area (Å²) in [5.41, 5.74) is 7.67. The van der Waals surface area contributed by atoms with E-state index in [1.54, 1.807) is 19.1 Å². The fourth-order valence-corrected chi connectivity index (χ4v) is 5.46. The van der Waals surface area contributed by atoms with Crippen LogP contribution in [0.15, 0.2) is 59.7 Å². The summed E-state index contributed by atoms with van der Waals surface area (Å²) >= 11 is 1.05. The van der Waals surface area contributed by atoms with Gasteiger partial charge in [-0.15, -0.1) is 11.3 Å². The Kier molecular flexibility index (Phi) is 5.37. The fourth-order valence-electron chi connectivity index (χ4n) is 4.69. The summed E-state index contributed by atoms with van der Waals surface area (Å²) in [6.07, 6.45) is 8.74. The molecule has 0 saturated carbocycles. The number of hydrogen-bond acceptors (Lipinski definition) is 8. The number of allylic oxidation sites excluding steroid dienone is 2. The minimum absolute atomic E-state index is 0.167. The molecule has 3 aliphatic heterocycles. The molecule has 0 aromatic carbocycles. The van der Waals surface area contributed by atoms with Gasteiger partial charge in [0.05, 0.1) is 41.9 Å². The number of pyridine rings is 2. The molecule has 1 fully saturated rings. The van der Waals surface area contributed by atoms with Crippen LogP contribution < -0.4 is 15.6 Å². The van der Waals surface area contributed by atoms with E-state index in [9.17, 15) is 9.18 Å². The normalized spacial score (nSPS) is 15.2. The average molecular weight is 543 g/mol. The Morgan fingerprint density at radius 2 is 2.10 bits per heavy atom. The molecule has 4 aromatic heterocycles. The Labute approximate surface area is 225 Å². The van der Waals surface area contributed by atoms with Crippen molar-refractivity contribution in [2.75, 3.05) is 16.8 Å². The van der Waals surface area contributed by atoms with Gasteiger partial charge in [0.25, 0.3) is 0 Å². The summed E-state index contributed by atoms with van der Waals surface area (Å²) in [5.74, 6) is 0.358. The van der Waals surface area contributed by atoms with Gasteiger partial charge in [-0.3, -0.25) is 14.8 Å². The van der Waals surface area contributed by atoms with Gasteiger partial charge in [-0.05, 0) is 30.4 Å². The highest BCUT2D eigenvalue weighted by atomic mass is 32.1. The van der Waals surface area contributed by atoms with Crippen molar-refractivity contribution in [2.24, 2.45) is 5.10 Å². The van der Waals surface area contributed by atoms with Crippen molar-refractivity contribution in [1.82, 2.24) is 25.4 Å². The first-order valence-electron chi connectivity index (χ1n) is 12.3. The SMILES string of the molecule is CCC(=O)Nc1cncc(-c2cnc3c(c2F)C(c2nc4c([nH]2)C(c2ccc(F)s2)=CC=C2CN24)=NNC3)c1. The molecule has 4 aromatic rings. The number of amides is 1. The van der Waals surface area contributed by atoms with E-state index < -0.39 is 5.82 Å². The molecule has 0 unspecified atom stereocenters. The summed E-state index contributed by atoms with van der Waals surface area (Å²) < 4.78 is 30.1. The number of aromatic amines is 1. The minimum atomic E-state index is -0.518. The topological polar surface area (TPSA) is 111 Å². The van der Waals surface area contributed by atoms with E-state index >= 15 is 4.39 Å². The Morgan fingerprint density at radius 1 is 1.21 bits per heavy atom. The van der Waals surface area contributed by atoms with Crippen molar-refractivity contribution in [3.05, 3.63) is 93.2 Å². The third-order valence-electron chi connectivity index (χ3n) is 6.70. The number of halogens is 2. The van der Waals surface area contributed by atoms with E-state index in [0.29, 0.717) is 40.7 Å². The number of nitrogens with one attached hydrogen (secondary N) is 3. The summed E-state index contributed by atoms with van der Waals surface area (Å²) in [7, 11) is 0. The zero-order valence-corrected chi connectivity index (χ0v) is 21.4. The number of carbonyl (C=O) groups excluding carboxylic acids is 1. The number of H-pyrrole nitrogens is 1. The Hall–Kier alpha value is -4.71. The number of hydrogen-bond donors (Lipinski definition) is 3. The zero-order valence-electron chi connectivity index (χ0n) is 20.5. The summed E-state index contributed by atoms with van der Waals surface area (Å²) in [5, 5.41) is 6.89. The van der Waals surface area contributed by atoms with E-state index in [1.165, 1.54) is 24.7 Å². The molecule has 0 atom stereocenters. The lowest BCUT2D eigenvalue weighted by molar-refractivity contribution is -0.115. The Balaban J connectivity index is 1.31. The lowest BCUT2D eigenvalue weighted by Gasteiger charge is -2.18. The second-order valence-electron chi connectivity index (χ2n) is 9.18. The van der Waals surface area contributed by atoms with Crippen molar-refractivity contribution < 1.29 is 13.6 Å². The largest absolute Gasteiger partial charge is 0.335 e. The third-order valence-corrected chi connectivity index (χ3v) is 7.61. The van der Waals surface area contributed by atoms with Crippen LogP contribution in [0.3, 0.4) is 0 Å². The van der Waals surface area contributed by atoms with Gasteiger partial charge in [-0.25, -0.2) is 9.37 Å². The second-order valence-corrected chi connectivity index (χ2v) is 10.2. The number of thiophene rings is 1. The number of carbonyl (C=O) groups is 1. The molecule has 3 aliphatic rings. The van der Waals surface area contributed by atoms with Gasteiger partial charge in [-0.2, -0.15) is 9.49 Å². The van der Waals surface area contributed by atoms with Crippen molar-refractivity contribution in [3.8, 4) is 11.1 Å². The summed E-state index contributed by atoms with van der Waals surface area (Å²) in [4.78, 5) is 31.5. The van der Waals surface area contributed by atoms with Gasteiger partial charge in [0.2, 0.25) is 5.91 Å². The van der Waals surface area contributed by atoms with Gasteiger partial charge in [0, 0.05) is 46.1 Å². The maximum atomic E-state index is 16.2. The number of hydrazone groups is 1. The highest BCUT2D eigenvalue weighted by Crippen LogP contribution is 2.42. The van der Waals surface area contributed by atoms with Crippen molar-refractivity contribution in [1.29, 1.82) is 0 Å². The molecular weight excluding hydrogens is 522 g/mol. The molecule has 12 heteroatoms. The molecule has 7 rings (SSSR count). The van der Waals surface area contributed by atoms with Gasteiger partial charge in [0.15, 0.2) is 16.8 Å². The Morgan fingerprint density at radius 3 is 2.92 bits per heavy atom. The van der Waals surface area contributed by atoms with Gasteiger partial charge in [-0.1, -0.05) is 6.92 Å². The predicted octanol–water partition coefficient (Wildman–Crippen LogP) is 4.56. The number of imidazole rings is 1. The Bertz CT molecular complexity index is 1770. The smallest absolute Gasteiger partial charge is 0.224 e. The van der Waals surface area contributed by atoms with Gasteiger partial charge < -0.3 is 20.6 Å². The quantitative estimate of drug-likeness (QED) is 0.319. The highest BCUT2D eigenvalue weighted by molar-refractivity contribution is 7.11.